The largest absolute Gasteiger partial charge is 0.309 e. The van der Waals surface area contributed by atoms with Crippen LogP contribution in [0.3, 0.4) is 0 Å². The van der Waals surface area contributed by atoms with Crippen molar-refractivity contribution < 1.29 is 0 Å². The zero-order valence-electron chi connectivity index (χ0n) is 12.7. The Morgan fingerprint density at radius 3 is 3.05 bits per heavy atom. The number of rotatable bonds is 5. The van der Waals surface area contributed by atoms with Gasteiger partial charge in [-0.05, 0) is 49.3 Å². The van der Waals surface area contributed by atoms with Crippen LogP contribution in [-0.2, 0) is 0 Å². The first-order valence-corrected chi connectivity index (χ1v) is 9.13. The summed E-state index contributed by atoms with van der Waals surface area (Å²) in [5, 5.41) is 5.70. The number of thioether (sulfide) groups is 1. The maximum atomic E-state index is 4.66. The summed E-state index contributed by atoms with van der Waals surface area (Å²) in [6.07, 6.45) is 7.30. The van der Waals surface area contributed by atoms with Gasteiger partial charge in [0.15, 0.2) is 0 Å². The van der Waals surface area contributed by atoms with E-state index in [9.17, 15) is 0 Å². The molecule has 3 heteroatoms. The lowest BCUT2D eigenvalue weighted by Crippen LogP contribution is -2.32. The minimum absolute atomic E-state index is 0.437. The minimum Gasteiger partial charge on any atom is -0.309 e. The molecule has 1 aromatic heterocycles. The van der Waals surface area contributed by atoms with E-state index in [0.717, 1.165) is 12.1 Å². The molecule has 2 aromatic rings. The molecular weight excluding hydrogens is 276 g/mol. The molecule has 2 heterocycles. The zero-order chi connectivity index (χ0) is 14.5. The molecule has 21 heavy (non-hydrogen) atoms. The Morgan fingerprint density at radius 1 is 1.33 bits per heavy atom. The van der Waals surface area contributed by atoms with Crippen LogP contribution >= 0.6 is 11.8 Å². The van der Waals surface area contributed by atoms with Gasteiger partial charge in [-0.3, -0.25) is 4.98 Å². The molecule has 112 valence electrons. The topological polar surface area (TPSA) is 24.9 Å². The van der Waals surface area contributed by atoms with E-state index in [2.05, 4.69) is 65.5 Å². The van der Waals surface area contributed by atoms with E-state index >= 15 is 0 Å². The number of hydrogen-bond donors (Lipinski definition) is 1. The summed E-state index contributed by atoms with van der Waals surface area (Å²) < 4.78 is 0. The Balaban J connectivity index is 1.88. The lowest BCUT2D eigenvalue weighted by molar-refractivity contribution is 0.479. The number of para-hydroxylation sites is 1. The molecule has 1 fully saturated rings. The minimum atomic E-state index is 0.437. The molecule has 1 aromatic carbocycles. The van der Waals surface area contributed by atoms with E-state index < -0.39 is 0 Å². The Bertz CT molecular complexity index is 578. The third-order valence-electron chi connectivity index (χ3n) is 4.17. The number of aromatic nitrogens is 1. The Morgan fingerprint density at radius 2 is 2.24 bits per heavy atom. The summed E-state index contributed by atoms with van der Waals surface area (Å²) in [6.45, 7) is 3.31. The monoisotopic (exact) mass is 300 g/mol. The summed E-state index contributed by atoms with van der Waals surface area (Å²) in [6, 6.07) is 11.2. The molecule has 2 unspecified atom stereocenters. The molecule has 0 saturated carbocycles. The number of hydrogen-bond acceptors (Lipinski definition) is 3. The molecule has 0 bridgehead atoms. The number of nitrogens with zero attached hydrogens (tertiary/aromatic N) is 1. The second kappa shape index (κ2) is 7.28. The van der Waals surface area contributed by atoms with Crippen LogP contribution in [0.4, 0.5) is 0 Å². The van der Waals surface area contributed by atoms with E-state index in [1.165, 1.54) is 42.4 Å². The van der Waals surface area contributed by atoms with E-state index in [1.54, 1.807) is 0 Å². The fourth-order valence-corrected chi connectivity index (χ4v) is 4.50. The molecule has 3 rings (SSSR count). The van der Waals surface area contributed by atoms with Crippen LogP contribution in [0, 0.1) is 0 Å². The normalized spacial score (nSPS) is 20.5. The third-order valence-corrected chi connectivity index (χ3v) is 5.63. The lowest BCUT2D eigenvalue weighted by atomic mass is 9.99. The standard InChI is InChI=1S/C18H24N2S/c1-2-10-19-18(17-9-5-6-11-21-17)15-12-14-7-3-4-8-16(14)20-13-15/h3-4,7-8,12-13,17-19H,2,5-6,9-11H2,1H3. The van der Waals surface area contributed by atoms with Gasteiger partial charge in [0.25, 0.3) is 0 Å². The summed E-state index contributed by atoms with van der Waals surface area (Å²) in [5.41, 5.74) is 2.44. The average molecular weight is 300 g/mol. The number of fused-ring (bicyclic) bond motifs is 1. The first kappa shape index (κ1) is 14.9. The predicted molar refractivity (Wildman–Crippen MR) is 92.9 cm³/mol. The molecule has 1 saturated heterocycles. The van der Waals surface area contributed by atoms with Crippen molar-refractivity contribution in [3.8, 4) is 0 Å². The molecule has 0 spiro atoms. The fraction of sp³-hybridized carbons (Fsp3) is 0.500. The number of pyridine rings is 1. The molecule has 1 aliphatic rings. The zero-order valence-corrected chi connectivity index (χ0v) is 13.5. The molecule has 0 radical (unpaired) electrons. The summed E-state index contributed by atoms with van der Waals surface area (Å²) in [5.74, 6) is 1.30. The lowest BCUT2D eigenvalue weighted by Gasteiger charge is -2.31. The van der Waals surface area contributed by atoms with Crippen molar-refractivity contribution in [2.75, 3.05) is 12.3 Å². The van der Waals surface area contributed by atoms with Gasteiger partial charge in [-0.2, -0.15) is 11.8 Å². The average Bonchev–Trinajstić information content (AvgIpc) is 2.56. The Kier molecular flexibility index (Phi) is 5.15. The van der Waals surface area contributed by atoms with Crippen LogP contribution in [0.15, 0.2) is 36.5 Å². The van der Waals surface area contributed by atoms with Crippen LogP contribution in [-0.4, -0.2) is 22.5 Å². The highest BCUT2D eigenvalue weighted by atomic mass is 32.2. The van der Waals surface area contributed by atoms with Crippen LogP contribution in [0.25, 0.3) is 10.9 Å². The molecule has 2 nitrogen and oxygen atoms in total. The first-order valence-electron chi connectivity index (χ1n) is 8.08. The van der Waals surface area contributed by atoms with Gasteiger partial charge < -0.3 is 5.32 Å². The van der Waals surface area contributed by atoms with Crippen molar-refractivity contribution in [1.29, 1.82) is 0 Å². The van der Waals surface area contributed by atoms with Crippen LogP contribution < -0.4 is 5.32 Å². The quantitative estimate of drug-likeness (QED) is 0.876. The van der Waals surface area contributed by atoms with Gasteiger partial charge in [0.2, 0.25) is 0 Å². The van der Waals surface area contributed by atoms with Gasteiger partial charge in [0, 0.05) is 22.9 Å². The first-order chi connectivity index (χ1) is 10.4. The van der Waals surface area contributed by atoms with E-state index in [0.29, 0.717) is 11.3 Å². The van der Waals surface area contributed by atoms with Gasteiger partial charge in [0.05, 0.1) is 5.52 Å². The highest BCUT2D eigenvalue weighted by Crippen LogP contribution is 2.35. The molecule has 1 N–H and O–H groups in total. The van der Waals surface area contributed by atoms with Crippen molar-refractivity contribution in [2.45, 2.75) is 43.9 Å². The molecular formula is C18H24N2S. The Labute approximate surface area is 131 Å². The number of nitrogens with one attached hydrogen (secondary N) is 1. The van der Waals surface area contributed by atoms with Crippen LogP contribution in [0.2, 0.25) is 0 Å². The van der Waals surface area contributed by atoms with Crippen molar-refractivity contribution in [3.05, 3.63) is 42.1 Å². The van der Waals surface area contributed by atoms with Crippen molar-refractivity contribution in [3.63, 3.8) is 0 Å². The van der Waals surface area contributed by atoms with Gasteiger partial charge >= 0.3 is 0 Å². The van der Waals surface area contributed by atoms with Gasteiger partial charge in [-0.1, -0.05) is 31.5 Å². The van der Waals surface area contributed by atoms with Gasteiger partial charge in [-0.25, -0.2) is 0 Å². The van der Waals surface area contributed by atoms with Crippen LogP contribution in [0.1, 0.15) is 44.2 Å². The van der Waals surface area contributed by atoms with E-state index in [1.807, 2.05) is 0 Å². The van der Waals surface area contributed by atoms with Crippen molar-refractivity contribution >= 4 is 22.7 Å². The van der Waals surface area contributed by atoms with Gasteiger partial charge in [-0.15, -0.1) is 0 Å². The molecule has 0 amide bonds. The second-order valence-electron chi connectivity index (χ2n) is 5.80. The number of benzene rings is 1. The van der Waals surface area contributed by atoms with Crippen LogP contribution in [0.5, 0.6) is 0 Å². The summed E-state index contributed by atoms with van der Waals surface area (Å²) in [4.78, 5) is 4.66. The summed E-state index contributed by atoms with van der Waals surface area (Å²) >= 11 is 2.13. The third kappa shape index (κ3) is 3.58. The summed E-state index contributed by atoms with van der Waals surface area (Å²) in [7, 11) is 0. The second-order valence-corrected chi connectivity index (χ2v) is 7.15. The molecule has 2 atom stereocenters. The van der Waals surface area contributed by atoms with E-state index in [-0.39, 0.29) is 0 Å². The SMILES string of the molecule is CCCNC(c1cnc2ccccc2c1)C1CCCCS1. The van der Waals surface area contributed by atoms with Crippen molar-refractivity contribution in [2.24, 2.45) is 0 Å². The van der Waals surface area contributed by atoms with Gasteiger partial charge in [0.1, 0.15) is 0 Å². The Hall–Kier alpha value is -1.06. The maximum absolute atomic E-state index is 4.66. The highest BCUT2D eigenvalue weighted by molar-refractivity contribution is 8.00. The highest BCUT2D eigenvalue weighted by Gasteiger charge is 2.25. The smallest absolute Gasteiger partial charge is 0.0702 e. The van der Waals surface area contributed by atoms with E-state index in [4.69, 9.17) is 0 Å². The van der Waals surface area contributed by atoms with Crippen molar-refractivity contribution in [1.82, 2.24) is 10.3 Å². The molecule has 1 aliphatic heterocycles. The maximum Gasteiger partial charge on any atom is 0.0702 e. The predicted octanol–water partition coefficient (Wildman–Crippen LogP) is 4.56. The fourth-order valence-electron chi connectivity index (χ4n) is 3.05. The molecule has 0 aliphatic carbocycles.